The maximum Gasteiger partial charge on any atom is 0.0552 e. The van der Waals surface area contributed by atoms with E-state index in [1.165, 1.54) is 11.3 Å². The second kappa shape index (κ2) is 6.74. The molecule has 0 radical (unpaired) electrons. The Balaban J connectivity index is 2.27. The molecule has 2 aromatic rings. The lowest BCUT2D eigenvalue weighted by Crippen LogP contribution is -2.15. The Kier molecular flexibility index (Phi) is 4.99. The summed E-state index contributed by atoms with van der Waals surface area (Å²) in [4.78, 5) is 4.26. The molecule has 0 aliphatic rings. The Hall–Kier alpha value is -1.84. The van der Waals surface area contributed by atoms with E-state index < -0.39 is 0 Å². The molecule has 0 saturated heterocycles. The van der Waals surface area contributed by atoms with Gasteiger partial charge >= 0.3 is 0 Å². The fraction of sp³-hybridized carbons (Fsp3) is 0.333. The molecule has 21 heavy (non-hydrogen) atoms. The van der Waals surface area contributed by atoms with E-state index in [0.29, 0.717) is 0 Å². The van der Waals surface area contributed by atoms with Gasteiger partial charge in [-0.05, 0) is 42.9 Å². The van der Waals surface area contributed by atoms with E-state index in [2.05, 4.69) is 72.4 Å². The first-order chi connectivity index (χ1) is 9.97. The maximum atomic E-state index is 6.45. The van der Waals surface area contributed by atoms with Crippen LogP contribution in [0.5, 0.6) is 0 Å². The number of anilines is 1. The summed E-state index contributed by atoms with van der Waals surface area (Å²) in [6, 6.07) is 16.9. The van der Waals surface area contributed by atoms with E-state index in [1.54, 1.807) is 0 Å². The summed E-state index contributed by atoms with van der Waals surface area (Å²) >= 11 is 0. The predicted octanol–water partition coefficient (Wildman–Crippen LogP) is 2.86. The minimum Gasteiger partial charge on any atom is -0.378 e. The highest BCUT2D eigenvalue weighted by Crippen LogP contribution is 2.24. The van der Waals surface area contributed by atoms with E-state index in [-0.39, 0.29) is 6.04 Å². The van der Waals surface area contributed by atoms with Gasteiger partial charge in [-0.1, -0.05) is 36.4 Å². The van der Waals surface area contributed by atoms with Crippen LogP contribution in [-0.4, -0.2) is 33.1 Å². The number of nitrogens with two attached hydrogens (primary N) is 1. The minimum absolute atomic E-state index is 0.0907. The van der Waals surface area contributed by atoms with Crippen LogP contribution in [0.3, 0.4) is 0 Å². The lowest BCUT2D eigenvalue weighted by molar-refractivity contribution is 0.402. The van der Waals surface area contributed by atoms with Crippen molar-refractivity contribution in [3.05, 3.63) is 65.2 Å². The highest BCUT2D eigenvalue weighted by molar-refractivity contribution is 5.49. The SMILES string of the molecule is CN(C)Cc1cccc(C(N)c2cccc(N(C)C)c2)c1. The monoisotopic (exact) mass is 283 g/mol. The van der Waals surface area contributed by atoms with Crippen molar-refractivity contribution in [1.82, 2.24) is 4.90 Å². The van der Waals surface area contributed by atoms with Gasteiger partial charge in [0.1, 0.15) is 0 Å². The molecule has 2 aromatic carbocycles. The summed E-state index contributed by atoms with van der Waals surface area (Å²) in [6.45, 7) is 0.929. The van der Waals surface area contributed by atoms with Crippen molar-refractivity contribution >= 4 is 5.69 Å². The number of benzene rings is 2. The molecule has 2 rings (SSSR count). The molecule has 1 atom stereocenters. The van der Waals surface area contributed by atoms with Crippen molar-refractivity contribution in [3.63, 3.8) is 0 Å². The van der Waals surface area contributed by atoms with Gasteiger partial charge in [-0.15, -0.1) is 0 Å². The summed E-state index contributed by atoms with van der Waals surface area (Å²) in [5.74, 6) is 0. The third-order valence-corrected chi connectivity index (χ3v) is 3.55. The van der Waals surface area contributed by atoms with E-state index in [4.69, 9.17) is 5.73 Å². The molecule has 3 heteroatoms. The Labute approximate surface area is 128 Å². The van der Waals surface area contributed by atoms with Crippen LogP contribution in [0.25, 0.3) is 0 Å². The van der Waals surface area contributed by atoms with Crippen LogP contribution < -0.4 is 10.6 Å². The molecule has 0 aromatic heterocycles. The largest absolute Gasteiger partial charge is 0.378 e. The van der Waals surface area contributed by atoms with Crippen LogP contribution in [0.2, 0.25) is 0 Å². The molecule has 0 saturated carbocycles. The van der Waals surface area contributed by atoms with E-state index in [1.807, 2.05) is 14.1 Å². The van der Waals surface area contributed by atoms with Gasteiger partial charge in [-0.2, -0.15) is 0 Å². The summed E-state index contributed by atoms with van der Waals surface area (Å²) in [7, 11) is 8.24. The summed E-state index contributed by atoms with van der Waals surface area (Å²) in [6.07, 6.45) is 0. The quantitative estimate of drug-likeness (QED) is 0.916. The maximum absolute atomic E-state index is 6.45. The highest BCUT2D eigenvalue weighted by atomic mass is 15.1. The zero-order chi connectivity index (χ0) is 15.4. The smallest absolute Gasteiger partial charge is 0.0552 e. The first kappa shape index (κ1) is 15.5. The Bertz CT molecular complexity index is 591. The normalized spacial score (nSPS) is 12.5. The molecule has 0 spiro atoms. The standard InChI is InChI=1S/C18H25N3/c1-20(2)13-14-7-5-8-15(11-14)18(19)16-9-6-10-17(12-16)21(3)4/h5-12,18H,13,19H2,1-4H3. The van der Waals surface area contributed by atoms with E-state index in [0.717, 1.165) is 17.7 Å². The fourth-order valence-corrected chi connectivity index (χ4v) is 2.44. The second-order valence-electron chi connectivity index (χ2n) is 5.95. The molecule has 0 heterocycles. The molecule has 3 nitrogen and oxygen atoms in total. The van der Waals surface area contributed by atoms with Gasteiger partial charge in [0, 0.05) is 26.3 Å². The summed E-state index contributed by atoms with van der Waals surface area (Å²) < 4.78 is 0. The molecular weight excluding hydrogens is 258 g/mol. The molecule has 0 fully saturated rings. The van der Waals surface area contributed by atoms with Crippen molar-refractivity contribution in [1.29, 1.82) is 0 Å². The third kappa shape index (κ3) is 4.06. The van der Waals surface area contributed by atoms with Crippen LogP contribution in [-0.2, 0) is 6.54 Å². The molecule has 0 bridgehead atoms. The number of hydrogen-bond acceptors (Lipinski definition) is 3. The average molecular weight is 283 g/mol. The first-order valence-corrected chi connectivity index (χ1v) is 7.24. The molecule has 0 aliphatic heterocycles. The predicted molar refractivity (Wildman–Crippen MR) is 90.6 cm³/mol. The van der Waals surface area contributed by atoms with Gasteiger partial charge in [0.25, 0.3) is 0 Å². The lowest BCUT2D eigenvalue weighted by Gasteiger charge is -2.18. The van der Waals surface area contributed by atoms with Crippen molar-refractivity contribution in [2.45, 2.75) is 12.6 Å². The van der Waals surface area contributed by atoms with Crippen molar-refractivity contribution in [2.75, 3.05) is 33.1 Å². The highest BCUT2D eigenvalue weighted by Gasteiger charge is 2.10. The third-order valence-electron chi connectivity index (χ3n) is 3.55. The van der Waals surface area contributed by atoms with Crippen LogP contribution >= 0.6 is 0 Å². The molecule has 0 amide bonds. The first-order valence-electron chi connectivity index (χ1n) is 7.24. The second-order valence-corrected chi connectivity index (χ2v) is 5.95. The van der Waals surface area contributed by atoms with Gasteiger partial charge in [-0.3, -0.25) is 0 Å². The van der Waals surface area contributed by atoms with E-state index in [9.17, 15) is 0 Å². The zero-order valence-corrected chi connectivity index (χ0v) is 13.4. The summed E-state index contributed by atoms with van der Waals surface area (Å²) in [5, 5.41) is 0. The Morgan fingerprint density at radius 3 is 2.14 bits per heavy atom. The van der Waals surface area contributed by atoms with Crippen LogP contribution in [0, 0.1) is 0 Å². The Morgan fingerprint density at radius 2 is 1.52 bits per heavy atom. The average Bonchev–Trinajstić information content (AvgIpc) is 2.46. The number of nitrogens with zero attached hydrogens (tertiary/aromatic N) is 2. The van der Waals surface area contributed by atoms with Gasteiger partial charge in [0.2, 0.25) is 0 Å². The van der Waals surface area contributed by atoms with Gasteiger partial charge in [0.05, 0.1) is 6.04 Å². The van der Waals surface area contributed by atoms with E-state index >= 15 is 0 Å². The number of hydrogen-bond donors (Lipinski definition) is 1. The Morgan fingerprint density at radius 1 is 0.905 bits per heavy atom. The molecular formula is C18H25N3. The number of rotatable bonds is 5. The summed E-state index contributed by atoms with van der Waals surface area (Å²) in [5.41, 5.74) is 11.2. The fourth-order valence-electron chi connectivity index (χ4n) is 2.44. The molecule has 1 unspecified atom stereocenters. The van der Waals surface area contributed by atoms with Crippen molar-refractivity contribution < 1.29 is 0 Å². The van der Waals surface area contributed by atoms with Gasteiger partial charge in [0.15, 0.2) is 0 Å². The molecule has 2 N–H and O–H groups in total. The molecule has 112 valence electrons. The van der Waals surface area contributed by atoms with Gasteiger partial charge in [-0.25, -0.2) is 0 Å². The van der Waals surface area contributed by atoms with Crippen LogP contribution in [0.15, 0.2) is 48.5 Å². The minimum atomic E-state index is -0.0907. The molecule has 0 aliphatic carbocycles. The van der Waals surface area contributed by atoms with Gasteiger partial charge < -0.3 is 15.5 Å². The van der Waals surface area contributed by atoms with Crippen LogP contribution in [0.4, 0.5) is 5.69 Å². The lowest BCUT2D eigenvalue weighted by atomic mass is 9.97. The van der Waals surface area contributed by atoms with Crippen molar-refractivity contribution in [3.8, 4) is 0 Å². The zero-order valence-electron chi connectivity index (χ0n) is 13.4. The topological polar surface area (TPSA) is 32.5 Å². The van der Waals surface area contributed by atoms with Crippen molar-refractivity contribution in [2.24, 2.45) is 5.73 Å². The van der Waals surface area contributed by atoms with Crippen LogP contribution in [0.1, 0.15) is 22.7 Å².